The Morgan fingerprint density at radius 1 is 1.50 bits per heavy atom. The summed E-state index contributed by atoms with van der Waals surface area (Å²) in [6, 6.07) is 0. The van der Waals surface area contributed by atoms with Crippen molar-refractivity contribution in [3.05, 3.63) is 21.3 Å². The number of nitro groups is 1. The molecular weight excluding hydrogens is 290 g/mol. The summed E-state index contributed by atoms with van der Waals surface area (Å²) in [4.78, 5) is 25.4. The lowest BCUT2D eigenvalue weighted by atomic mass is 10.2. The molecule has 0 unspecified atom stereocenters. The fourth-order valence-corrected chi connectivity index (χ4v) is 1.55. The lowest BCUT2D eigenvalue weighted by Crippen LogP contribution is -2.27. The minimum Gasteiger partial charge on any atom is -0.491 e. The van der Waals surface area contributed by atoms with E-state index in [-0.39, 0.29) is 16.6 Å². The average Bonchev–Trinajstić information content (AvgIpc) is 2.26. The van der Waals surface area contributed by atoms with Crippen molar-refractivity contribution in [2.45, 2.75) is 26.4 Å². The van der Waals surface area contributed by atoms with E-state index >= 15 is 0 Å². The van der Waals surface area contributed by atoms with Gasteiger partial charge in [-0.2, -0.15) is 0 Å². The molecule has 110 valence electrons. The standard InChI is InChI=1S/C11H14ClN3O5/c1-11(2,3)20-10(16)14-9-8(19-4)7(12)6(5-13-9)15(17)18/h5H,1-4H3,(H,13,14,16). The van der Waals surface area contributed by atoms with E-state index in [2.05, 4.69) is 10.3 Å². The van der Waals surface area contributed by atoms with Gasteiger partial charge in [-0.3, -0.25) is 15.4 Å². The third-order valence-corrected chi connectivity index (χ3v) is 2.34. The predicted molar refractivity (Wildman–Crippen MR) is 72.3 cm³/mol. The van der Waals surface area contributed by atoms with Crippen LogP contribution in [0.1, 0.15) is 20.8 Å². The Labute approximate surface area is 120 Å². The molecule has 0 aliphatic rings. The maximum absolute atomic E-state index is 11.6. The summed E-state index contributed by atoms with van der Waals surface area (Å²) in [7, 11) is 1.26. The molecule has 0 aliphatic carbocycles. The van der Waals surface area contributed by atoms with Crippen LogP contribution in [-0.2, 0) is 4.74 Å². The topological polar surface area (TPSA) is 104 Å². The van der Waals surface area contributed by atoms with Crippen LogP contribution in [-0.4, -0.2) is 28.7 Å². The van der Waals surface area contributed by atoms with Gasteiger partial charge in [0, 0.05) is 0 Å². The van der Waals surface area contributed by atoms with Gasteiger partial charge in [0.2, 0.25) is 0 Å². The summed E-state index contributed by atoms with van der Waals surface area (Å²) in [6.07, 6.45) is 0.158. The highest BCUT2D eigenvalue weighted by Crippen LogP contribution is 2.37. The maximum atomic E-state index is 11.6. The van der Waals surface area contributed by atoms with Gasteiger partial charge in [-0.15, -0.1) is 0 Å². The number of pyridine rings is 1. The first-order chi connectivity index (χ1) is 9.15. The maximum Gasteiger partial charge on any atom is 0.413 e. The molecule has 20 heavy (non-hydrogen) atoms. The zero-order valence-corrected chi connectivity index (χ0v) is 12.1. The molecule has 0 bridgehead atoms. The number of carbonyl (C=O) groups excluding carboxylic acids is 1. The lowest BCUT2D eigenvalue weighted by Gasteiger charge is -2.20. The number of hydrogen-bond acceptors (Lipinski definition) is 6. The highest BCUT2D eigenvalue weighted by Gasteiger charge is 2.24. The van der Waals surface area contributed by atoms with Gasteiger partial charge in [-0.25, -0.2) is 9.78 Å². The van der Waals surface area contributed by atoms with Gasteiger partial charge >= 0.3 is 11.8 Å². The summed E-state index contributed by atoms with van der Waals surface area (Å²) in [5, 5.41) is 12.8. The molecule has 0 spiro atoms. The number of amides is 1. The van der Waals surface area contributed by atoms with E-state index in [0.717, 1.165) is 6.20 Å². The Hall–Kier alpha value is -2.09. The van der Waals surface area contributed by atoms with Crippen molar-refractivity contribution in [1.82, 2.24) is 4.98 Å². The quantitative estimate of drug-likeness (QED) is 0.680. The second kappa shape index (κ2) is 5.91. The van der Waals surface area contributed by atoms with E-state index in [1.165, 1.54) is 7.11 Å². The van der Waals surface area contributed by atoms with Gasteiger partial charge in [0.25, 0.3) is 0 Å². The number of methoxy groups -OCH3 is 1. The molecule has 1 amide bonds. The second-order valence-corrected chi connectivity index (χ2v) is 5.10. The number of nitrogens with zero attached hydrogens (tertiary/aromatic N) is 2. The van der Waals surface area contributed by atoms with Crippen molar-refractivity contribution < 1.29 is 19.2 Å². The molecule has 8 nitrogen and oxygen atoms in total. The largest absolute Gasteiger partial charge is 0.491 e. The number of anilines is 1. The summed E-state index contributed by atoms with van der Waals surface area (Å²) in [5.41, 5.74) is -1.11. The van der Waals surface area contributed by atoms with Crippen molar-refractivity contribution in [2.24, 2.45) is 0 Å². The molecule has 1 aromatic rings. The number of ether oxygens (including phenoxy) is 2. The van der Waals surface area contributed by atoms with Crippen LogP contribution in [0.3, 0.4) is 0 Å². The summed E-state index contributed by atoms with van der Waals surface area (Å²) in [6.45, 7) is 5.08. The molecule has 0 saturated heterocycles. The van der Waals surface area contributed by atoms with Crippen LogP contribution in [0.2, 0.25) is 5.02 Å². The van der Waals surface area contributed by atoms with Crippen LogP contribution in [0.5, 0.6) is 5.75 Å². The predicted octanol–water partition coefficient (Wildman–Crippen LogP) is 3.00. The molecule has 1 heterocycles. The van der Waals surface area contributed by atoms with Gasteiger partial charge in [0.15, 0.2) is 16.6 Å². The Bertz CT molecular complexity index is 542. The van der Waals surface area contributed by atoms with Crippen LogP contribution in [0.4, 0.5) is 16.3 Å². The van der Waals surface area contributed by atoms with Crippen LogP contribution in [0, 0.1) is 10.1 Å². The van der Waals surface area contributed by atoms with Gasteiger partial charge in [0.05, 0.1) is 12.0 Å². The monoisotopic (exact) mass is 303 g/mol. The van der Waals surface area contributed by atoms with E-state index < -0.39 is 22.3 Å². The Balaban J connectivity index is 3.05. The average molecular weight is 304 g/mol. The minimum absolute atomic E-state index is 0.0580. The number of nitrogens with one attached hydrogen (secondary N) is 1. The highest BCUT2D eigenvalue weighted by atomic mass is 35.5. The number of rotatable bonds is 3. The molecule has 0 atom stereocenters. The molecule has 0 fully saturated rings. The first kappa shape index (κ1) is 16.0. The van der Waals surface area contributed by atoms with Gasteiger partial charge < -0.3 is 9.47 Å². The molecule has 1 N–H and O–H groups in total. The van der Waals surface area contributed by atoms with Crippen LogP contribution in [0.25, 0.3) is 0 Å². The number of halogens is 1. The zero-order chi connectivity index (χ0) is 15.5. The molecule has 1 aromatic heterocycles. The molecule has 0 radical (unpaired) electrons. The SMILES string of the molecule is COc1c(NC(=O)OC(C)(C)C)ncc([N+](=O)[O-])c1Cl. The molecular formula is C11H14ClN3O5. The number of carbonyl (C=O) groups is 1. The number of hydrogen-bond donors (Lipinski definition) is 1. The first-order valence-corrected chi connectivity index (χ1v) is 5.90. The summed E-state index contributed by atoms with van der Waals surface area (Å²) >= 11 is 5.83. The second-order valence-electron chi connectivity index (χ2n) is 4.72. The van der Waals surface area contributed by atoms with E-state index in [1.54, 1.807) is 20.8 Å². The number of aromatic nitrogens is 1. The smallest absolute Gasteiger partial charge is 0.413 e. The van der Waals surface area contributed by atoms with Crippen molar-refractivity contribution in [3.63, 3.8) is 0 Å². The molecule has 0 aliphatic heterocycles. The molecule has 9 heteroatoms. The van der Waals surface area contributed by atoms with Gasteiger partial charge in [-0.05, 0) is 20.8 Å². The van der Waals surface area contributed by atoms with Crippen molar-refractivity contribution in [1.29, 1.82) is 0 Å². The zero-order valence-electron chi connectivity index (χ0n) is 11.4. The van der Waals surface area contributed by atoms with E-state index in [4.69, 9.17) is 21.1 Å². The third kappa shape index (κ3) is 3.95. The van der Waals surface area contributed by atoms with Gasteiger partial charge in [-0.1, -0.05) is 11.6 Å². The van der Waals surface area contributed by atoms with E-state index in [9.17, 15) is 14.9 Å². The van der Waals surface area contributed by atoms with Crippen LogP contribution < -0.4 is 10.1 Å². The third-order valence-electron chi connectivity index (χ3n) is 1.98. The Kier molecular flexibility index (Phi) is 4.72. The summed E-state index contributed by atoms with van der Waals surface area (Å²) in [5.74, 6) is -0.163. The minimum atomic E-state index is -0.770. The first-order valence-electron chi connectivity index (χ1n) is 5.52. The van der Waals surface area contributed by atoms with Crippen molar-refractivity contribution >= 4 is 29.2 Å². The highest BCUT2D eigenvalue weighted by molar-refractivity contribution is 6.34. The summed E-state index contributed by atoms with van der Waals surface area (Å²) < 4.78 is 9.96. The van der Waals surface area contributed by atoms with Gasteiger partial charge in [0.1, 0.15) is 11.8 Å². The normalized spacial score (nSPS) is 10.8. The molecule has 1 rings (SSSR count). The van der Waals surface area contributed by atoms with E-state index in [1.807, 2.05) is 0 Å². The van der Waals surface area contributed by atoms with Crippen LogP contribution >= 0.6 is 11.6 Å². The molecule has 0 saturated carbocycles. The molecule has 0 aromatic carbocycles. The lowest BCUT2D eigenvalue weighted by molar-refractivity contribution is -0.385. The Morgan fingerprint density at radius 2 is 2.10 bits per heavy atom. The fraction of sp³-hybridized carbons (Fsp3) is 0.455. The van der Waals surface area contributed by atoms with E-state index in [0.29, 0.717) is 0 Å². The van der Waals surface area contributed by atoms with Crippen LogP contribution in [0.15, 0.2) is 6.20 Å². The fourth-order valence-electron chi connectivity index (χ4n) is 1.26. The van der Waals surface area contributed by atoms with Crippen molar-refractivity contribution in [3.8, 4) is 5.75 Å². The van der Waals surface area contributed by atoms with Crippen molar-refractivity contribution in [2.75, 3.05) is 12.4 Å². The Morgan fingerprint density at radius 3 is 2.55 bits per heavy atom.